The Kier molecular flexibility index (Phi) is 3.90. The monoisotopic (exact) mass is 397 g/mol. The maximum absolute atomic E-state index is 4.87. The second-order valence-corrected chi connectivity index (χ2v) is 7.42. The van der Waals surface area contributed by atoms with Crippen LogP contribution in [0.3, 0.4) is 0 Å². The number of anilines is 1. The molecule has 0 spiro atoms. The lowest BCUT2D eigenvalue weighted by Crippen LogP contribution is -2.30. The number of H-pyrrole nitrogens is 2. The van der Waals surface area contributed by atoms with Gasteiger partial charge in [0.25, 0.3) is 0 Å². The van der Waals surface area contributed by atoms with Gasteiger partial charge in [-0.2, -0.15) is 5.10 Å². The van der Waals surface area contributed by atoms with E-state index in [2.05, 4.69) is 35.0 Å². The van der Waals surface area contributed by atoms with E-state index >= 15 is 0 Å². The van der Waals surface area contributed by atoms with Crippen molar-refractivity contribution < 1.29 is 0 Å². The molecule has 5 aromatic heterocycles. The van der Waals surface area contributed by atoms with Gasteiger partial charge in [0.1, 0.15) is 16.7 Å². The van der Waals surface area contributed by atoms with E-state index in [0.29, 0.717) is 17.2 Å². The summed E-state index contributed by atoms with van der Waals surface area (Å²) in [7, 11) is 0. The van der Waals surface area contributed by atoms with E-state index in [1.165, 1.54) is 19.3 Å². The van der Waals surface area contributed by atoms with Crippen LogP contribution in [0.25, 0.3) is 45.0 Å². The third-order valence-corrected chi connectivity index (χ3v) is 5.49. The van der Waals surface area contributed by atoms with Crippen LogP contribution in [0.4, 0.5) is 5.82 Å². The van der Waals surface area contributed by atoms with E-state index in [1.807, 2.05) is 24.4 Å². The standard InChI is InChI=1S/C21H19N9/c1-2-10-30(11-3-1)21-18-14(6-7-24-21)26-20(27-18)19-17-15(28-29-19)5-4-13(25-17)16-12-22-8-9-23-16/h4-9,12H,1-3,10-11H2,(H,26,27)(H,28,29). The lowest BCUT2D eigenvalue weighted by molar-refractivity contribution is 0.574. The summed E-state index contributed by atoms with van der Waals surface area (Å²) in [6, 6.07) is 5.81. The molecule has 0 bridgehead atoms. The molecule has 30 heavy (non-hydrogen) atoms. The summed E-state index contributed by atoms with van der Waals surface area (Å²) in [4.78, 5) is 28.5. The summed E-state index contributed by atoms with van der Waals surface area (Å²) < 4.78 is 0. The quantitative estimate of drug-likeness (QED) is 0.480. The molecule has 0 unspecified atom stereocenters. The van der Waals surface area contributed by atoms with E-state index < -0.39 is 0 Å². The molecule has 6 heterocycles. The van der Waals surface area contributed by atoms with Gasteiger partial charge in [0, 0.05) is 31.7 Å². The fourth-order valence-electron chi connectivity index (χ4n) is 4.01. The number of nitrogens with zero attached hydrogens (tertiary/aromatic N) is 7. The van der Waals surface area contributed by atoms with Gasteiger partial charge < -0.3 is 9.88 Å². The number of nitrogens with one attached hydrogen (secondary N) is 2. The zero-order valence-corrected chi connectivity index (χ0v) is 16.2. The minimum Gasteiger partial charge on any atom is -0.355 e. The van der Waals surface area contributed by atoms with Crippen LogP contribution < -0.4 is 4.90 Å². The molecule has 1 aliphatic heterocycles. The van der Waals surface area contributed by atoms with Crippen LogP contribution in [-0.4, -0.2) is 53.2 Å². The number of rotatable bonds is 3. The van der Waals surface area contributed by atoms with Crippen molar-refractivity contribution in [1.82, 2.24) is 40.1 Å². The fraction of sp³-hybridized carbons (Fsp3) is 0.238. The van der Waals surface area contributed by atoms with E-state index in [4.69, 9.17) is 9.97 Å². The summed E-state index contributed by atoms with van der Waals surface area (Å²) in [5, 5.41) is 7.54. The van der Waals surface area contributed by atoms with Crippen LogP contribution in [0.2, 0.25) is 0 Å². The molecular formula is C21H19N9. The van der Waals surface area contributed by atoms with E-state index in [0.717, 1.165) is 46.7 Å². The predicted octanol–water partition coefficient (Wildman–Crippen LogP) is 3.34. The number of fused-ring (bicyclic) bond motifs is 2. The first-order chi connectivity index (χ1) is 14.9. The highest BCUT2D eigenvalue weighted by atomic mass is 15.2. The minimum atomic E-state index is 0.673. The van der Waals surface area contributed by atoms with Crippen molar-refractivity contribution in [2.24, 2.45) is 0 Å². The summed E-state index contributed by atoms with van der Waals surface area (Å²) in [5.74, 6) is 1.61. The molecule has 2 N–H and O–H groups in total. The van der Waals surface area contributed by atoms with E-state index in [-0.39, 0.29) is 0 Å². The number of hydrogen-bond acceptors (Lipinski definition) is 7. The van der Waals surface area contributed by atoms with Crippen molar-refractivity contribution in [2.45, 2.75) is 19.3 Å². The van der Waals surface area contributed by atoms with Gasteiger partial charge in [-0.15, -0.1) is 0 Å². The normalized spacial score (nSPS) is 14.6. The molecule has 9 nitrogen and oxygen atoms in total. The van der Waals surface area contributed by atoms with Crippen molar-refractivity contribution >= 4 is 27.9 Å². The number of imidazole rings is 1. The van der Waals surface area contributed by atoms with Crippen LogP contribution in [-0.2, 0) is 0 Å². The van der Waals surface area contributed by atoms with Gasteiger partial charge in [-0.3, -0.25) is 15.1 Å². The Morgan fingerprint density at radius 2 is 1.73 bits per heavy atom. The Balaban J connectivity index is 1.47. The molecule has 0 radical (unpaired) electrons. The molecule has 1 saturated heterocycles. The van der Waals surface area contributed by atoms with E-state index in [9.17, 15) is 0 Å². The van der Waals surface area contributed by atoms with Gasteiger partial charge in [-0.05, 0) is 37.5 Å². The summed E-state index contributed by atoms with van der Waals surface area (Å²) in [6.07, 6.45) is 10.5. The van der Waals surface area contributed by atoms with Crippen molar-refractivity contribution in [2.75, 3.05) is 18.0 Å². The lowest BCUT2D eigenvalue weighted by atomic mass is 10.1. The number of piperidine rings is 1. The average molecular weight is 397 g/mol. The van der Waals surface area contributed by atoms with Gasteiger partial charge in [-0.1, -0.05) is 0 Å². The van der Waals surface area contributed by atoms with Crippen molar-refractivity contribution in [3.05, 3.63) is 43.0 Å². The first-order valence-electron chi connectivity index (χ1n) is 10.1. The van der Waals surface area contributed by atoms with Crippen LogP contribution in [0, 0.1) is 0 Å². The van der Waals surface area contributed by atoms with Crippen molar-refractivity contribution in [1.29, 1.82) is 0 Å². The first kappa shape index (κ1) is 17.0. The maximum Gasteiger partial charge on any atom is 0.161 e. The van der Waals surface area contributed by atoms with Gasteiger partial charge in [0.2, 0.25) is 0 Å². The highest BCUT2D eigenvalue weighted by Crippen LogP contribution is 2.30. The highest BCUT2D eigenvalue weighted by molar-refractivity contribution is 5.93. The third kappa shape index (κ3) is 2.78. The van der Waals surface area contributed by atoms with Crippen LogP contribution in [0.1, 0.15) is 19.3 Å². The molecular weight excluding hydrogens is 378 g/mol. The zero-order valence-electron chi connectivity index (χ0n) is 16.2. The number of aromatic nitrogens is 8. The smallest absolute Gasteiger partial charge is 0.161 e. The molecule has 6 rings (SSSR count). The van der Waals surface area contributed by atoms with Crippen molar-refractivity contribution in [3.8, 4) is 22.9 Å². The van der Waals surface area contributed by atoms with E-state index in [1.54, 1.807) is 18.6 Å². The minimum absolute atomic E-state index is 0.673. The Labute approximate surface area is 171 Å². The molecule has 1 fully saturated rings. The number of pyridine rings is 2. The molecule has 5 aromatic rings. The largest absolute Gasteiger partial charge is 0.355 e. The average Bonchev–Trinajstić information content (AvgIpc) is 3.43. The SMILES string of the molecule is c1cnc(-c2ccc3[nH]nc(-c4nc5c(N6CCCCC6)nccc5[nH]4)c3n2)cn1. The Hall–Kier alpha value is -3.88. The van der Waals surface area contributed by atoms with Gasteiger partial charge >= 0.3 is 0 Å². The third-order valence-electron chi connectivity index (χ3n) is 5.49. The summed E-state index contributed by atoms with van der Waals surface area (Å²) in [6.45, 7) is 2.03. The molecule has 0 aromatic carbocycles. The van der Waals surface area contributed by atoms with Crippen molar-refractivity contribution in [3.63, 3.8) is 0 Å². The molecule has 9 heteroatoms. The molecule has 0 atom stereocenters. The maximum atomic E-state index is 4.87. The molecule has 148 valence electrons. The molecule has 1 aliphatic rings. The Morgan fingerprint density at radius 1 is 0.800 bits per heavy atom. The molecule has 0 amide bonds. The van der Waals surface area contributed by atoms with Crippen LogP contribution in [0.5, 0.6) is 0 Å². The predicted molar refractivity (Wildman–Crippen MR) is 114 cm³/mol. The Bertz CT molecular complexity index is 1330. The van der Waals surface area contributed by atoms with Crippen LogP contribution in [0.15, 0.2) is 43.0 Å². The lowest BCUT2D eigenvalue weighted by Gasteiger charge is -2.27. The Morgan fingerprint density at radius 3 is 2.60 bits per heavy atom. The molecule has 0 aliphatic carbocycles. The zero-order chi connectivity index (χ0) is 19.9. The van der Waals surface area contributed by atoms with Gasteiger partial charge in [-0.25, -0.2) is 15.0 Å². The second kappa shape index (κ2) is 6.87. The van der Waals surface area contributed by atoms with Gasteiger partial charge in [0.05, 0.1) is 22.9 Å². The van der Waals surface area contributed by atoms with Crippen LogP contribution >= 0.6 is 0 Å². The number of hydrogen-bond donors (Lipinski definition) is 2. The molecule has 0 saturated carbocycles. The highest BCUT2D eigenvalue weighted by Gasteiger charge is 2.20. The topological polar surface area (TPSA) is 112 Å². The fourth-order valence-corrected chi connectivity index (χ4v) is 4.01. The summed E-state index contributed by atoms with van der Waals surface area (Å²) in [5.41, 5.74) is 5.53. The second-order valence-electron chi connectivity index (χ2n) is 7.42. The van der Waals surface area contributed by atoms with Gasteiger partial charge in [0.15, 0.2) is 17.3 Å². The first-order valence-corrected chi connectivity index (χ1v) is 10.1. The summed E-state index contributed by atoms with van der Waals surface area (Å²) >= 11 is 0. The number of aromatic amines is 2.